The molecule has 1 heterocycles. The number of hydrogen-bond acceptors (Lipinski definition) is 4. The van der Waals surface area contributed by atoms with E-state index in [4.69, 9.17) is 0 Å². The van der Waals surface area contributed by atoms with E-state index in [1.54, 1.807) is 13.0 Å². The standard InChI is InChI=1S/C16H20N2O5S/c1-16(15(20)21)7-8-18(10-16)14(19)11-3-2-4-13(9-11)24(22,23)17-12-5-6-12/h2-4,9,12,17H,5-8,10H2,1H3,(H,20,21). The maximum Gasteiger partial charge on any atom is 0.311 e. The van der Waals surface area contributed by atoms with Crippen molar-refractivity contribution in [3.8, 4) is 0 Å². The molecule has 0 radical (unpaired) electrons. The van der Waals surface area contributed by atoms with Gasteiger partial charge in [0, 0.05) is 24.7 Å². The van der Waals surface area contributed by atoms with E-state index in [-0.39, 0.29) is 29.0 Å². The molecule has 1 aliphatic heterocycles. The first-order valence-corrected chi connectivity index (χ1v) is 9.35. The van der Waals surface area contributed by atoms with Gasteiger partial charge in [0.15, 0.2) is 0 Å². The summed E-state index contributed by atoms with van der Waals surface area (Å²) in [6.45, 7) is 2.08. The van der Waals surface area contributed by atoms with E-state index in [2.05, 4.69) is 4.72 Å². The predicted molar refractivity (Wildman–Crippen MR) is 86.0 cm³/mol. The Kier molecular flexibility index (Phi) is 4.13. The minimum atomic E-state index is -3.63. The van der Waals surface area contributed by atoms with E-state index in [1.165, 1.54) is 23.1 Å². The summed E-state index contributed by atoms with van der Waals surface area (Å²) in [5, 5.41) is 9.26. The van der Waals surface area contributed by atoms with Crippen LogP contribution in [0, 0.1) is 5.41 Å². The van der Waals surface area contributed by atoms with Gasteiger partial charge in [-0.3, -0.25) is 9.59 Å². The summed E-state index contributed by atoms with van der Waals surface area (Å²) in [7, 11) is -3.63. The lowest BCUT2D eigenvalue weighted by Gasteiger charge is -2.20. The third-order valence-electron chi connectivity index (χ3n) is 4.57. The molecule has 24 heavy (non-hydrogen) atoms. The fourth-order valence-electron chi connectivity index (χ4n) is 2.78. The van der Waals surface area contributed by atoms with Crippen molar-refractivity contribution >= 4 is 21.9 Å². The van der Waals surface area contributed by atoms with Crippen molar-refractivity contribution in [1.29, 1.82) is 0 Å². The number of hydrogen-bond donors (Lipinski definition) is 2. The van der Waals surface area contributed by atoms with Crippen molar-refractivity contribution < 1.29 is 23.1 Å². The van der Waals surface area contributed by atoms with Crippen LogP contribution in [0.1, 0.15) is 36.5 Å². The Balaban J connectivity index is 1.79. The molecule has 7 nitrogen and oxygen atoms in total. The molecular weight excluding hydrogens is 332 g/mol. The third-order valence-corrected chi connectivity index (χ3v) is 6.09. The summed E-state index contributed by atoms with van der Waals surface area (Å²) in [4.78, 5) is 25.4. The molecule has 1 aliphatic carbocycles. The number of rotatable bonds is 5. The zero-order chi connectivity index (χ0) is 17.5. The minimum Gasteiger partial charge on any atom is -0.481 e. The second kappa shape index (κ2) is 5.86. The van der Waals surface area contributed by atoms with Gasteiger partial charge in [-0.05, 0) is 44.4 Å². The molecule has 8 heteroatoms. The van der Waals surface area contributed by atoms with Gasteiger partial charge in [0.1, 0.15) is 0 Å². The first kappa shape index (κ1) is 16.9. The number of carbonyl (C=O) groups excluding carboxylic acids is 1. The molecule has 1 saturated carbocycles. The second-order valence-corrected chi connectivity index (χ2v) is 8.48. The maximum absolute atomic E-state index is 12.6. The van der Waals surface area contributed by atoms with E-state index in [0.717, 1.165) is 12.8 Å². The van der Waals surface area contributed by atoms with Gasteiger partial charge in [0.25, 0.3) is 5.91 Å². The highest BCUT2D eigenvalue weighted by Gasteiger charge is 2.42. The lowest BCUT2D eigenvalue weighted by molar-refractivity contribution is -0.147. The number of sulfonamides is 1. The number of nitrogens with zero attached hydrogens (tertiary/aromatic N) is 1. The van der Waals surface area contributed by atoms with Gasteiger partial charge in [-0.15, -0.1) is 0 Å². The van der Waals surface area contributed by atoms with E-state index in [0.29, 0.717) is 13.0 Å². The maximum atomic E-state index is 12.6. The van der Waals surface area contributed by atoms with Crippen LogP contribution in [0.5, 0.6) is 0 Å². The van der Waals surface area contributed by atoms with Crippen LogP contribution in [-0.2, 0) is 14.8 Å². The normalized spacial score (nSPS) is 24.1. The number of nitrogens with one attached hydrogen (secondary N) is 1. The van der Waals surface area contributed by atoms with Crippen molar-refractivity contribution in [1.82, 2.24) is 9.62 Å². The Morgan fingerprint density at radius 2 is 2.04 bits per heavy atom. The lowest BCUT2D eigenvalue weighted by atomic mass is 9.90. The van der Waals surface area contributed by atoms with Gasteiger partial charge in [0.05, 0.1) is 10.3 Å². The molecule has 1 aromatic rings. The van der Waals surface area contributed by atoms with Crippen molar-refractivity contribution in [2.75, 3.05) is 13.1 Å². The Labute approximate surface area is 140 Å². The number of benzene rings is 1. The number of aliphatic carboxylic acids is 1. The molecule has 1 saturated heterocycles. The van der Waals surface area contributed by atoms with Crippen LogP contribution >= 0.6 is 0 Å². The quantitative estimate of drug-likeness (QED) is 0.825. The first-order valence-electron chi connectivity index (χ1n) is 7.86. The van der Waals surface area contributed by atoms with E-state index in [1.807, 2.05) is 0 Å². The van der Waals surface area contributed by atoms with Crippen molar-refractivity contribution in [2.24, 2.45) is 5.41 Å². The van der Waals surface area contributed by atoms with Gasteiger partial charge < -0.3 is 10.0 Å². The predicted octanol–water partition coefficient (Wildman–Crippen LogP) is 1.06. The van der Waals surface area contributed by atoms with Gasteiger partial charge in [0.2, 0.25) is 10.0 Å². The number of amides is 1. The Hall–Kier alpha value is -1.93. The van der Waals surface area contributed by atoms with Crippen LogP contribution in [0.3, 0.4) is 0 Å². The van der Waals surface area contributed by atoms with Crippen LogP contribution in [0.15, 0.2) is 29.2 Å². The topological polar surface area (TPSA) is 104 Å². The molecule has 1 atom stereocenters. The molecule has 1 amide bonds. The fraction of sp³-hybridized carbons (Fsp3) is 0.500. The van der Waals surface area contributed by atoms with Gasteiger partial charge in [-0.25, -0.2) is 13.1 Å². The van der Waals surface area contributed by atoms with E-state index < -0.39 is 21.4 Å². The smallest absolute Gasteiger partial charge is 0.311 e. The van der Waals surface area contributed by atoms with Crippen LogP contribution in [0.4, 0.5) is 0 Å². The van der Waals surface area contributed by atoms with Gasteiger partial charge in [-0.2, -0.15) is 0 Å². The minimum absolute atomic E-state index is 0.00999. The number of carbonyl (C=O) groups is 2. The molecular formula is C16H20N2O5S. The van der Waals surface area contributed by atoms with Crippen molar-refractivity contribution in [2.45, 2.75) is 37.1 Å². The van der Waals surface area contributed by atoms with Crippen LogP contribution < -0.4 is 4.72 Å². The van der Waals surface area contributed by atoms with Crippen LogP contribution in [-0.4, -0.2) is 49.4 Å². The molecule has 1 unspecified atom stereocenters. The SMILES string of the molecule is CC1(C(=O)O)CCN(C(=O)c2cccc(S(=O)(=O)NC3CC3)c2)C1. The molecule has 2 N–H and O–H groups in total. The molecule has 2 fully saturated rings. The Morgan fingerprint density at radius 1 is 1.33 bits per heavy atom. The Morgan fingerprint density at radius 3 is 2.62 bits per heavy atom. The van der Waals surface area contributed by atoms with E-state index >= 15 is 0 Å². The molecule has 1 aromatic carbocycles. The molecule has 0 spiro atoms. The number of likely N-dealkylation sites (tertiary alicyclic amines) is 1. The lowest BCUT2D eigenvalue weighted by Crippen LogP contribution is -2.35. The molecule has 130 valence electrons. The monoisotopic (exact) mass is 352 g/mol. The highest BCUT2D eigenvalue weighted by molar-refractivity contribution is 7.89. The number of carboxylic acid groups (broad SMARTS) is 1. The average Bonchev–Trinajstić information content (AvgIpc) is 3.24. The fourth-order valence-corrected chi connectivity index (χ4v) is 4.13. The average molecular weight is 352 g/mol. The highest BCUT2D eigenvalue weighted by Crippen LogP contribution is 2.31. The highest BCUT2D eigenvalue weighted by atomic mass is 32.2. The summed E-state index contributed by atoms with van der Waals surface area (Å²) in [5.41, 5.74) is -0.698. The summed E-state index contributed by atoms with van der Waals surface area (Å²) in [6, 6.07) is 5.87. The van der Waals surface area contributed by atoms with Crippen LogP contribution in [0.25, 0.3) is 0 Å². The summed E-state index contributed by atoms with van der Waals surface area (Å²) in [6.07, 6.45) is 2.05. The zero-order valence-electron chi connectivity index (χ0n) is 13.4. The molecule has 3 rings (SSSR count). The number of carboxylic acids is 1. The van der Waals surface area contributed by atoms with Gasteiger partial charge in [-0.1, -0.05) is 6.07 Å². The van der Waals surface area contributed by atoms with E-state index in [9.17, 15) is 23.1 Å². The zero-order valence-corrected chi connectivity index (χ0v) is 14.2. The van der Waals surface area contributed by atoms with Crippen LogP contribution in [0.2, 0.25) is 0 Å². The molecule has 0 bridgehead atoms. The third kappa shape index (κ3) is 3.29. The second-order valence-electron chi connectivity index (χ2n) is 6.77. The van der Waals surface area contributed by atoms with Crippen molar-refractivity contribution in [3.63, 3.8) is 0 Å². The summed E-state index contributed by atoms with van der Waals surface area (Å²) < 4.78 is 27.1. The Bertz CT molecular complexity index is 787. The first-order chi connectivity index (χ1) is 11.2. The summed E-state index contributed by atoms with van der Waals surface area (Å²) in [5.74, 6) is -1.27. The molecule has 2 aliphatic rings. The summed E-state index contributed by atoms with van der Waals surface area (Å²) >= 11 is 0. The van der Waals surface area contributed by atoms with Crippen molar-refractivity contribution in [3.05, 3.63) is 29.8 Å². The van der Waals surface area contributed by atoms with Gasteiger partial charge >= 0.3 is 5.97 Å². The largest absolute Gasteiger partial charge is 0.481 e. The molecule has 0 aromatic heterocycles.